The van der Waals surface area contributed by atoms with Crippen molar-refractivity contribution >= 4 is 29.4 Å². The van der Waals surface area contributed by atoms with E-state index in [1.165, 1.54) is 12.1 Å². The van der Waals surface area contributed by atoms with Gasteiger partial charge in [-0.1, -0.05) is 0 Å². The van der Waals surface area contributed by atoms with Crippen LogP contribution in [0.1, 0.15) is 30.1 Å². The molecule has 114 valence electrons. The van der Waals surface area contributed by atoms with Crippen LogP contribution in [0, 0.1) is 0 Å². The van der Waals surface area contributed by atoms with E-state index in [2.05, 4.69) is 17.6 Å². The first-order chi connectivity index (χ1) is 9.89. The Morgan fingerprint density at radius 3 is 2.76 bits per heavy atom. The molecule has 0 aromatic heterocycles. The highest BCUT2D eigenvalue weighted by Gasteiger charge is 2.29. The molecule has 6 nitrogen and oxygen atoms in total. The molecule has 21 heavy (non-hydrogen) atoms. The number of hydrogen-bond donors (Lipinski definition) is 4. The highest BCUT2D eigenvalue weighted by molar-refractivity contribution is 8.00. The summed E-state index contributed by atoms with van der Waals surface area (Å²) in [5.74, 6) is -0.295. The van der Waals surface area contributed by atoms with Crippen LogP contribution in [0.2, 0.25) is 0 Å². The summed E-state index contributed by atoms with van der Waals surface area (Å²) in [5.41, 5.74) is 0.148. The predicted molar refractivity (Wildman–Crippen MR) is 82.2 cm³/mol. The average molecular weight is 310 g/mol. The van der Waals surface area contributed by atoms with Gasteiger partial charge < -0.3 is 20.8 Å². The van der Waals surface area contributed by atoms with Crippen molar-refractivity contribution in [3.05, 3.63) is 23.8 Å². The zero-order chi connectivity index (χ0) is 15.5. The van der Waals surface area contributed by atoms with Crippen molar-refractivity contribution in [3.8, 4) is 5.75 Å². The molecule has 7 heteroatoms. The van der Waals surface area contributed by atoms with E-state index in [0.29, 0.717) is 6.54 Å². The number of thioether (sulfide) groups is 1. The molecule has 2 rings (SSSR count). The van der Waals surface area contributed by atoms with Crippen molar-refractivity contribution < 1.29 is 19.8 Å². The third kappa shape index (κ3) is 4.04. The summed E-state index contributed by atoms with van der Waals surface area (Å²) in [4.78, 5) is 22.6. The standard InChI is InChI=1S/C14H18N2O4S/c1-14(5-2-6-21-14)8-15-13(20)16-10-4-3-9(12(18)19)7-11(10)17/h3-4,7,17H,2,5-6,8H2,1H3,(H,18,19)(H2,15,16,20). The van der Waals surface area contributed by atoms with Gasteiger partial charge in [0.05, 0.1) is 11.3 Å². The van der Waals surface area contributed by atoms with Gasteiger partial charge in [0.15, 0.2) is 0 Å². The zero-order valence-electron chi connectivity index (χ0n) is 11.7. The minimum Gasteiger partial charge on any atom is -0.506 e. The molecule has 0 saturated carbocycles. The predicted octanol–water partition coefficient (Wildman–Crippen LogP) is 2.50. The van der Waals surface area contributed by atoms with Crippen LogP contribution < -0.4 is 10.6 Å². The summed E-state index contributed by atoms with van der Waals surface area (Å²) in [6.45, 7) is 2.67. The summed E-state index contributed by atoms with van der Waals surface area (Å²) < 4.78 is 0.0621. The summed E-state index contributed by atoms with van der Waals surface area (Å²) in [5, 5.41) is 23.8. The third-order valence-electron chi connectivity index (χ3n) is 3.42. The van der Waals surface area contributed by atoms with Crippen LogP contribution in [0.5, 0.6) is 5.75 Å². The third-order valence-corrected chi connectivity index (χ3v) is 4.95. The molecule has 1 fully saturated rings. The average Bonchev–Trinajstić information content (AvgIpc) is 2.86. The lowest BCUT2D eigenvalue weighted by Gasteiger charge is -2.23. The van der Waals surface area contributed by atoms with Gasteiger partial charge in [-0.05, 0) is 43.7 Å². The van der Waals surface area contributed by atoms with E-state index in [9.17, 15) is 14.7 Å². The number of rotatable bonds is 4. The molecule has 1 aromatic carbocycles. The summed E-state index contributed by atoms with van der Waals surface area (Å²) in [6, 6.07) is 3.38. The quantitative estimate of drug-likeness (QED) is 0.640. The number of carbonyl (C=O) groups is 2. The lowest BCUT2D eigenvalue weighted by atomic mass is 10.1. The molecule has 0 aliphatic carbocycles. The van der Waals surface area contributed by atoms with E-state index in [1.807, 2.05) is 11.8 Å². The van der Waals surface area contributed by atoms with Crippen LogP contribution in [0.3, 0.4) is 0 Å². The zero-order valence-corrected chi connectivity index (χ0v) is 12.5. The molecule has 1 aliphatic heterocycles. The van der Waals surface area contributed by atoms with E-state index < -0.39 is 12.0 Å². The molecule has 1 heterocycles. The number of carboxylic acid groups (broad SMARTS) is 1. The van der Waals surface area contributed by atoms with Gasteiger partial charge in [0.25, 0.3) is 0 Å². The molecule has 0 spiro atoms. The fraction of sp³-hybridized carbons (Fsp3) is 0.429. The van der Waals surface area contributed by atoms with Crippen molar-refractivity contribution in [2.24, 2.45) is 0 Å². The van der Waals surface area contributed by atoms with Crippen LogP contribution in [-0.2, 0) is 0 Å². The largest absolute Gasteiger partial charge is 0.506 e. The number of phenols is 1. The molecule has 1 aliphatic rings. The number of aromatic carboxylic acids is 1. The first-order valence-corrected chi connectivity index (χ1v) is 7.63. The van der Waals surface area contributed by atoms with Crippen molar-refractivity contribution in [3.63, 3.8) is 0 Å². The number of hydrogen-bond acceptors (Lipinski definition) is 4. The second kappa shape index (κ2) is 6.26. The lowest BCUT2D eigenvalue weighted by Crippen LogP contribution is -2.39. The Kier molecular flexibility index (Phi) is 4.62. The molecule has 0 radical (unpaired) electrons. The van der Waals surface area contributed by atoms with Crippen molar-refractivity contribution in [2.75, 3.05) is 17.6 Å². The number of nitrogens with one attached hydrogen (secondary N) is 2. The topological polar surface area (TPSA) is 98.7 Å². The number of phenolic OH excluding ortho intramolecular Hbond substituents is 1. The maximum absolute atomic E-state index is 11.8. The van der Waals surface area contributed by atoms with Crippen molar-refractivity contribution in [1.29, 1.82) is 0 Å². The Bertz CT molecular complexity index is 556. The van der Waals surface area contributed by atoms with Crippen LogP contribution in [0.15, 0.2) is 18.2 Å². The van der Waals surface area contributed by atoms with Gasteiger partial charge in [0.1, 0.15) is 5.75 Å². The van der Waals surface area contributed by atoms with E-state index in [-0.39, 0.29) is 21.7 Å². The van der Waals surface area contributed by atoms with Crippen molar-refractivity contribution in [2.45, 2.75) is 24.5 Å². The van der Waals surface area contributed by atoms with Gasteiger partial charge in [-0.15, -0.1) is 0 Å². The number of benzene rings is 1. The number of urea groups is 1. The Hall–Kier alpha value is -1.89. The van der Waals surface area contributed by atoms with Gasteiger partial charge in [-0.25, -0.2) is 9.59 Å². The Balaban J connectivity index is 1.92. The lowest BCUT2D eigenvalue weighted by molar-refractivity contribution is 0.0696. The second-order valence-corrected chi connectivity index (χ2v) is 6.93. The number of carboxylic acids is 1. The second-order valence-electron chi connectivity index (χ2n) is 5.25. The van der Waals surface area contributed by atoms with E-state index >= 15 is 0 Å². The van der Waals surface area contributed by atoms with Crippen LogP contribution in [0.25, 0.3) is 0 Å². The number of aromatic hydroxyl groups is 1. The molecule has 1 atom stereocenters. The molecule has 0 bridgehead atoms. The molecular formula is C14H18N2O4S. The highest BCUT2D eigenvalue weighted by atomic mass is 32.2. The fourth-order valence-electron chi connectivity index (χ4n) is 2.18. The highest BCUT2D eigenvalue weighted by Crippen LogP contribution is 2.37. The van der Waals surface area contributed by atoms with E-state index in [4.69, 9.17) is 5.11 Å². The van der Waals surface area contributed by atoms with Crippen LogP contribution in [-0.4, -0.2) is 39.3 Å². The first kappa shape index (κ1) is 15.5. The number of amides is 2. The summed E-state index contributed by atoms with van der Waals surface area (Å²) in [7, 11) is 0. The minimum atomic E-state index is -1.13. The maximum atomic E-state index is 11.8. The maximum Gasteiger partial charge on any atom is 0.335 e. The molecule has 4 N–H and O–H groups in total. The molecular weight excluding hydrogens is 292 g/mol. The van der Waals surface area contributed by atoms with Gasteiger partial charge in [-0.3, -0.25) is 0 Å². The van der Waals surface area contributed by atoms with Crippen LogP contribution in [0.4, 0.5) is 10.5 Å². The van der Waals surface area contributed by atoms with Crippen molar-refractivity contribution in [1.82, 2.24) is 5.32 Å². The van der Waals surface area contributed by atoms with Gasteiger partial charge in [-0.2, -0.15) is 11.8 Å². The van der Waals surface area contributed by atoms with Gasteiger partial charge in [0, 0.05) is 11.3 Å². The van der Waals surface area contributed by atoms with Gasteiger partial charge >= 0.3 is 12.0 Å². The summed E-state index contributed by atoms with van der Waals surface area (Å²) in [6.07, 6.45) is 2.22. The Morgan fingerprint density at radius 2 is 2.19 bits per heavy atom. The van der Waals surface area contributed by atoms with Gasteiger partial charge in [0.2, 0.25) is 0 Å². The molecule has 1 saturated heterocycles. The first-order valence-electron chi connectivity index (χ1n) is 6.65. The monoisotopic (exact) mass is 310 g/mol. The molecule has 2 amide bonds. The number of anilines is 1. The van der Waals surface area contributed by atoms with E-state index in [1.54, 1.807) is 0 Å². The molecule has 1 aromatic rings. The number of carbonyl (C=O) groups excluding carboxylic acids is 1. The smallest absolute Gasteiger partial charge is 0.335 e. The Labute approximate surface area is 126 Å². The normalized spacial score (nSPS) is 21.0. The molecule has 1 unspecified atom stereocenters. The van der Waals surface area contributed by atoms with E-state index in [0.717, 1.165) is 24.7 Å². The Morgan fingerprint density at radius 1 is 1.43 bits per heavy atom. The summed E-state index contributed by atoms with van der Waals surface area (Å²) >= 11 is 1.84. The fourth-order valence-corrected chi connectivity index (χ4v) is 3.42. The SMILES string of the molecule is CC1(CNC(=O)Nc2ccc(C(=O)O)cc2O)CCCS1. The van der Waals surface area contributed by atoms with Crippen LogP contribution >= 0.6 is 11.8 Å². The minimum absolute atomic E-state index is 0.0340.